The van der Waals surface area contributed by atoms with Crippen molar-refractivity contribution in [3.63, 3.8) is 0 Å². The van der Waals surface area contributed by atoms with Gasteiger partial charge in [0, 0.05) is 40.4 Å². The topological polar surface area (TPSA) is 71.7 Å². The molecular weight excluding hydrogens is 288 g/mol. The molecule has 0 bridgehead atoms. The van der Waals surface area contributed by atoms with Crippen LogP contribution >= 0.6 is 11.3 Å². The quantitative estimate of drug-likeness (QED) is 0.895. The molecule has 0 radical (unpaired) electrons. The van der Waals surface area contributed by atoms with E-state index in [1.54, 1.807) is 7.11 Å². The van der Waals surface area contributed by atoms with Gasteiger partial charge >= 0.3 is 0 Å². The van der Waals surface area contributed by atoms with Crippen molar-refractivity contribution in [2.45, 2.75) is 19.8 Å². The zero-order chi connectivity index (χ0) is 15.4. The minimum atomic E-state index is 0.0108. The third-order valence-corrected chi connectivity index (χ3v) is 5.11. The van der Waals surface area contributed by atoms with E-state index in [0.29, 0.717) is 16.6 Å². The predicted molar refractivity (Wildman–Crippen MR) is 86.0 cm³/mol. The predicted octanol–water partition coefficient (Wildman–Crippen LogP) is 1.68. The van der Waals surface area contributed by atoms with E-state index < -0.39 is 0 Å². The van der Waals surface area contributed by atoms with Crippen LogP contribution in [0.1, 0.15) is 29.4 Å². The lowest BCUT2D eigenvalue weighted by Gasteiger charge is -2.31. The first-order valence-corrected chi connectivity index (χ1v) is 8.14. The fourth-order valence-electron chi connectivity index (χ4n) is 2.45. The van der Waals surface area contributed by atoms with Crippen molar-refractivity contribution >= 4 is 28.2 Å². The van der Waals surface area contributed by atoms with Crippen molar-refractivity contribution < 1.29 is 9.53 Å². The molecule has 7 heteroatoms. The Hall–Kier alpha value is -1.34. The minimum Gasteiger partial charge on any atom is -0.384 e. The average Bonchev–Trinajstić information content (AvgIpc) is 2.89. The molecule has 0 aliphatic carbocycles. The second-order valence-corrected chi connectivity index (χ2v) is 6.39. The number of amides is 1. The lowest BCUT2D eigenvalue weighted by molar-refractivity contribution is 0.0618. The van der Waals surface area contributed by atoms with Gasteiger partial charge in [-0.25, -0.2) is 4.98 Å². The van der Waals surface area contributed by atoms with E-state index in [4.69, 9.17) is 10.5 Å². The van der Waals surface area contributed by atoms with Gasteiger partial charge in [0.05, 0.1) is 0 Å². The second-order valence-electron chi connectivity index (χ2n) is 5.42. The number of aromatic nitrogens is 1. The Balaban J connectivity index is 2.02. The maximum absolute atomic E-state index is 12.6. The van der Waals surface area contributed by atoms with Crippen LogP contribution in [0, 0.1) is 5.92 Å². The van der Waals surface area contributed by atoms with E-state index >= 15 is 0 Å². The van der Waals surface area contributed by atoms with Crippen LogP contribution in [0.25, 0.3) is 0 Å². The molecule has 0 spiro atoms. The standard InChI is InChI=1S/C14H24N4O2S/c1-4-17(2)14-16-12(15)11(21-14)13(19)18-7-5-10(6-8-18)9-20-3/h10H,4-9,15H2,1-3H3. The SMILES string of the molecule is CCN(C)c1nc(N)c(C(=O)N2CCC(COC)CC2)s1. The molecule has 1 aliphatic heterocycles. The van der Waals surface area contributed by atoms with E-state index in [1.165, 1.54) is 11.3 Å². The first kappa shape index (κ1) is 16.0. The molecule has 118 valence electrons. The molecule has 0 atom stereocenters. The summed E-state index contributed by atoms with van der Waals surface area (Å²) in [6.45, 7) is 5.19. The van der Waals surface area contributed by atoms with Crippen LogP contribution in [0.15, 0.2) is 0 Å². The van der Waals surface area contributed by atoms with E-state index in [0.717, 1.165) is 44.2 Å². The highest BCUT2D eigenvalue weighted by molar-refractivity contribution is 7.18. The van der Waals surface area contributed by atoms with Crippen molar-refractivity contribution in [1.82, 2.24) is 9.88 Å². The highest BCUT2D eigenvalue weighted by Crippen LogP contribution is 2.29. The monoisotopic (exact) mass is 312 g/mol. The van der Waals surface area contributed by atoms with E-state index in [-0.39, 0.29) is 5.91 Å². The minimum absolute atomic E-state index is 0.0108. The van der Waals surface area contributed by atoms with E-state index in [9.17, 15) is 4.79 Å². The summed E-state index contributed by atoms with van der Waals surface area (Å²) in [5, 5.41) is 0.799. The number of hydrogen-bond acceptors (Lipinski definition) is 6. The molecule has 0 aromatic carbocycles. The van der Waals surface area contributed by atoms with E-state index in [2.05, 4.69) is 4.98 Å². The van der Waals surface area contributed by atoms with Crippen LogP contribution in [-0.2, 0) is 4.74 Å². The summed E-state index contributed by atoms with van der Waals surface area (Å²) in [6, 6.07) is 0. The molecule has 2 heterocycles. The molecule has 2 rings (SSSR count). The summed E-state index contributed by atoms with van der Waals surface area (Å²) in [5.41, 5.74) is 5.92. The normalized spacial score (nSPS) is 16.2. The zero-order valence-corrected chi connectivity index (χ0v) is 13.8. The van der Waals surface area contributed by atoms with Crippen LogP contribution in [0.4, 0.5) is 10.9 Å². The molecule has 1 aliphatic rings. The number of piperidine rings is 1. The number of methoxy groups -OCH3 is 1. The van der Waals surface area contributed by atoms with Gasteiger partial charge in [-0.15, -0.1) is 0 Å². The van der Waals surface area contributed by atoms with Gasteiger partial charge in [0.25, 0.3) is 5.91 Å². The van der Waals surface area contributed by atoms with Gasteiger partial charge in [0.1, 0.15) is 10.7 Å². The smallest absolute Gasteiger partial charge is 0.267 e. The number of likely N-dealkylation sites (tertiary alicyclic amines) is 1. The molecule has 1 aromatic rings. The number of carbonyl (C=O) groups excluding carboxylic acids is 1. The van der Waals surface area contributed by atoms with Crippen molar-refractivity contribution in [2.24, 2.45) is 5.92 Å². The molecule has 1 aromatic heterocycles. The van der Waals surface area contributed by atoms with Gasteiger partial charge < -0.3 is 20.3 Å². The summed E-state index contributed by atoms with van der Waals surface area (Å²) in [4.78, 5) is 21.3. The summed E-state index contributed by atoms with van der Waals surface area (Å²) in [5.74, 6) is 0.913. The summed E-state index contributed by atoms with van der Waals surface area (Å²) in [6.07, 6.45) is 1.97. The van der Waals surface area contributed by atoms with Crippen molar-refractivity contribution in [3.8, 4) is 0 Å². The first-order chi connectivity index (χ1) is 10.1. The molecule has 6 nitrogen and oxygen atoms in total. The lowest BCUT2D eigenvalue weighted by Crippen LogP contribution is -2.39. The number of thiazole rings is 1. The van der Waals surface area contributed by atoms with Crippen LogP contribution in [0.3, 0.4) is 0 Å². The van der Waals surface area contributed by atoms with Gasteiger partial charge in [-0.2, -0.15) is 0 Å². The Kier molecular flexibility index (Phi) is 5.41. The maximum Gasteiger partial charge on any atom is 0.267 e. The number of ether oxygens (including phenoxy) is 1. The Morgan fingerprint density at radius 3 is 2.76 bits per heavy atom. The number of hydrogen-bond donors (Lipinski definition) is 1. The molecule has 0 saturated carbocycles. The average molecular weight is 312 g/mol. The summed E-state index contributed by atoms with van der Waals surface area (Å²) >= 11 is 1.38. The zero-order valence-electron chi connectivity index (χ0n) is 13.0. The van der Waals surface area contributed by atoms with Gasteiger partial charge in [-0.1, -0.05) is 11.3 Å². The fourth-order valence-corrected chi connectivity index (χ4v) is 3.43. The molecule has 0 unspecified atom stereocenters. The fraction of sp³-hybridized carbons (Fsp3) is 0.714. The number of rotatable bonds is 5. The molecule has 1 saturated heterocycles. The first-order valence-electron chi connectivity index (χ1n) is 7.32. The molecule has 1 fully saturated rings. The summed E-state index contributed by atoms with van der Waals surface area (Å²) in [7, 11) is 3.67. The highest BCUT2D eigenvalue weighted by atomic mass is 32.1. The van der Waals surface area contributed by atoms with Gasteiger partial charge in [-0.3, -0.25) is 4.79 Å². The van der Waals surface area contributed by atoms with Crippen LogP contribution in [0.5, 0.6) is 0 Å². The number of carbonyl (C=O) groups is 1. The van der Waals surface area contributed by atoms with Crippen LogP contribution in [0.2, 0.25) is 0 Å². The maximum atomic E-state index is 12.6. The third kappa shape index (κ3) is 3.65. The van der Waals surface area contributed by atoms with Crippen LogP contribution < -0.4 is 10.6 Å². The summed E-state index contributed by atoms with van der Waals surface area (Å²) < 4.78 is 5.19. The van der Waals surface area contributed by atoms with Gasteiger partial charge in [0.2, 0.25) is 0 Å². The lowest BCUT2D eigenvalue weighted by atomic mass is 9.98. The van der Waals surface area contributed by atoms with Gasteiger partial charge in [0.15, 0.2) is 5.13 Å². The Morgan fingerprint density at radius 2 is 2.19 bits per heavy atom. The molecular formula is C14H24N4O2S. The van der Waals surface area contributed by atoms with Gasteiger partial charge in [-0.05, 0) is 25.7 Å². The van der Waals surface area contributed by atoms with Crippen molar-refractivity contribution in [1.29, 1.82) is 0 Å². The number of nitrogen functional groups attached to an aromatic ring is 1. The number of anilines is 2. The molecule has 21 heavy (non-hydrogen) atoms. The Labute approximate surface area is 129 Å². The Bertz CT molecular complexity index is 483. The molecule has 2 N–H and O–H groups in total. The van der Waals surface area contributed by atoms with Crippen LogP contribution in [-0.4, -0.2) is 56.2 Å². The Morgan fingerprint density at radius 1 is 1.52 bits per heavy atom. The highest BCUT2D eigenvalue weighted by Gasteiger charge is 2.27. The second kappa shape index (κ2) is 7.09. The number of nitrogens with zero attached hydrogens (tertiary/aromatic N) is 3. The molecule has 1 amide bonds. The van der Waals surface area contributed by atoms with Crippen molar-refractivity contribution in [3.05, 3.63) is 4.88 Å². The van der Waals surface area contributed by atoms with Crippen molar-refractivity contribution in [2.75, 3.05) is 51.0 Å². The largest absolute Gasteiger partial charge is 0.384 e. The number of nitrogens with two attached hydrogens (primary N) is 1. The van der Waals surface area contributed by atoms with E-state index in [1.807, 2.05) is 23.8 Å². The third-order valence-electron chi connectivity index (χ3n) is 3.94.